The number of nitrogens with zero attached hydrogens (tertiary/aromatic N) is 3. The fourth-order valence-corrected chi connectivity index (χ4v) is 4.74. The van der Waals surface area contributed by atoms with E-state index in [2.05, 4.69) is 81.8 Å². The molecule has 0 unspecified atom stereocenters. The Morgan fingerprint density at radius 2 is 1.97 bits per heavy atom. The van der Waals surface area contributed by atoms with Crippen molar-refractivity contribution in [2.45, 2.75) is 40.7 Å². The van der Waals surface area contributed by atoms with Gasteiger partial charge in [-0.1, -0.05) is 32.6 Å². The first kappa shape index (κ1) is 25.1. The minimum atomic E-state index is 0.326. The lowest BCUT2D eigenvalue weighted by molar-refractivity contribution is 0.898. The van der Waals surface area contributed by atoms with Crippen molar-refractivity contribution in [3.05, 3.63) is 89.0 Å². The monoisotopic (exact) mass is 496 g/mol. The van der Waals surface area contributed by atoms with Crippen LogP contribution >= 0.6 is 11.3 Å². The molecule has 0 fully saturated rings. The highest BCUT2D eigenvalue weighted by Gasteiger charge is 2.17. The fraction of sp³-hybridized carbons (Fsp3) is 0.207. The standard InChI is InChI=1S/C27H26N6S.C2H6/c1-5-6-21(18-9-10-34-15-18)22-12-25(30-17(22)4)27-26-24(32-33-27)8-7-23(31-26)19-11-20(14-28-13-19)29-16(2)3;1-2/h5-16,29-30H,1H2,2-4H3,(H,32,33);1-2H3/b21-6-;. The average Bonchev–Trinajstić information content (AvgIpc) is 3.63. The van der Waals surface area contributed by atoms with E-state index >= 15 is 0 Å². The van der Waals surface area contributed by atoms with Crippen molar-refractivity contribution in [1.82, 2.24) is 25.1 Å². The summed E-state index contributed by atoms with van der Waals surface area (Å²) in [6.45, 7) is 14.2. The van der Waals surface area contributed by atoms with Crippen LogP contribution in [-0.4, -0.2) is 31.2 Å². The molecule has 0 radical (unpaired) electrons. The van der Waals surface area contributed by atoms with Gasteiger partial charge < -0.3 is 10.3 Å². The molecule has 0 aliphatic carbocycles. The molecule has 0 spiro atoms. The summed E-state index contributed by atoms with van der Waals surface area (Å²) in [5, 5.41) is 15.4. The van der Waals surface area contributed by atoms with E-state index in [-0.39, 0.29) is 0 Å². The third-order valence-electron chi connectivity index (χ3n) is 5.57. The first-order valence-electron chi connectivity index (χ1n) is 12.2. The van der Waals surface area contributed by atoms with E-state index < -0.39 is 0 Å². The summed E-state index contributed by atoms with van der Waals surface area (Å²) in [7, 11) is 0. The van der Waals surface area contributed by atoms with E-state index in [4.69, 9.17) is 4.98 Å². The Kier molecular flexibility index (Phi) is 7.80. The maximum atomic E-state index is 4.96. The van der Waals surface area contributed by atoms with E-state index in [9.17, 15) is 0 Å². The topological polar surface area (TPSA) is 82.3 Å². The molecule has 0 bridgehead atoms. The second-order valence-corrected chi connectivity index (χ2v) is 9.26. The lowest BCUT2D eigenvalue weighted by atomic mass is 10.00. The molecule has 3 N–H and O–H groups in total. The number of hydrogen-bond donors (Lipinski definition) is 3. The van der Waals surface area contributed by atoms with E-state index in [1.807, 2.05) is 50.5 Å². The number of anilines is 1. The van der Waals surface area contributed by atoms with Crippen molar-refractivity contribution in [2.24, 2.45) is 0 Å². The van der Waals surface area contributed by atoms with Gasteiger partial charge in [-0.05, 0) is 73.0 Å². The highest BCUT2D eigenvalue weighted by Crippen LogP contribution is 2.33. The van der Waals surface area contributed by atoms with Crippen LogP contribution < -0.4 is 5.32 Å². The summed E-state index contributed by atoms with van der Waals surface area (Å²) in [5.41, 5.74) is 10.7. The highest BCUT2D eigenvalue weighted by atomic mass is 32.1. The predicted octanol–water partition coefficient (Wildman–Crippen LogP) is 7.85. The molecule has 6 nitrogen and oxygen atoms in total. The summed E-state index contributed by atoms with van der Waals surface area (Å²) in [5.74, 6) is 0. The van der Waals surface area contributed by atoms with Crippen LogP contribution in [0.5, 0.6) is 0 Å². The molecule has 0 amide bonds. The molecule has 5 rings (SSSR count). The van der Waals surface area contributed by atoms with E-state index in [0.717, 1.165) is 56.2 Å². The van der Waals surface area contributed by atoms with Gasteiger partial charge in [0.15, 0.2) is 0 Å². The Morgan fingerprint density at radius 1 is 1.14 bits per heavy atom. The fourth-order valence-electron chi connectivity index (χ4n) is 4.08. The number of rotatable bonds is 7. The van der Waals surface area contributed by atoms with Crippen molar-refractivity contribution in [3.63, 3.8) is 0 Å². The Balaban J connectivity index is 0.00000148. The molecule has 0 saturated heterocycles. The molecular weight excluding hydrogens is 464 g/mol. The lowest BCUT2D eigenvalue weighted by Crippen LogP contribution is -2.09. The van der Waals surface area contributed by atoms with E-state index in [1.54, 1.807) is 11.3 Å². The van der Waals surface area contributed by atoms with Crippen LogP contribution in [0.15, 0.2) is 72.2 Å². The minimum absolute atomic E-state index is 0.326. The van der Waals surface area contributed by atoms with Gasteiger partial charge >= 0.3 is 0 Å². The van der Waals surface area contributed by atoms with E-state index in [1.165, 1.54) is 5.56 Å². The molecule has 5 aromatic heterocycles. The summed E-state index contributed by atoms with van der Waals surface area (Å²) < 4.78 is 0. The molecule has 184 valence electrons. The second kappa shape index (κ2) is 11.2. The molecular formula is C29H32N6S. The van der Waals surface area contributed by atoms with Gasteiger partial charge in [-0.2, -0.15) is 16.4 Å². The van der Waals surface area contributed by atoms with Crippen molar-refractivity contribution in [3.8, 4) is 22.6 Å². The summed E-state index contributed by atoms with van der Waals surface area (Å²) in [4.78, 5) is 12.9. The SMILES string of the molecule is C=C/C=C(/c1ccsc1)c1cc(-c2n[nH]c3ccc(-c4cncc(NC(C)C)c4)nc23)[nH]c1C.CC. The van der Waals surface area contributed by atoms with E-state index in [0.29, 0.717) is 6.04 Å². The number of fused-ring (bicyclic) bond motifs is 1. The third-order valence-corrected chi connectivity index (χ3v) is 6.26. The molecule has 0 saturated carbocycles. The highest BCUT2D eigenvalue weighted by molar-refractivity contribution is 7.08. The quantitative estimate of drug-likeness (QED) is 0.200. The molecule has 36 heavy (non-hydrogen) atoms. The number of hydrogen-bond acceptors (Lipinski definition) is 5. The van der Waals surface area contributed by atoms with Crippen LogP contribution in [0.4, 0.5) is 5.69 Å². The minimum Gasteiger partial charge on any atom is -0.382 e. The maximum absolute atomic E-state index is 4.96. The number of H-pyrrole nitrogens is 2. The Labute approximate surface area is 216 Å². The Bertz CT molecular complexity index is 1490. The average molecular weight is 497 g/mol. The second-order valence-electron chi connectivity index (χ2n) is 8.48. The third kappa shape index (κ3) is 5.16. The molecule has 0 aromatic carbocycles. The molecule has 0 aliphatic rings. The van der Waals surface area contributed by atoms with Gasteiger partial charge in [0.2, 0.25) is 0 Å². The van der Waals surface area contributed by atoms with Crippen LogP contribution in [0.1, 0.15) is 44.5 Å². The molecule has 5 aromatic rings. The first-order chi connectivity index (χ1) is 17.5. The van der Waals surface area contributed by atoms with Gasteiger partial charge in [0.05, 0.1) is 22.6 Å². The normalized spacial score (nSPS) is 11.4. The number of allylic oxidation sites excluding steroid dienone is 2. The van der Waals surface area contributed by atoms with Gasteiger partial charge in [0.25, 0.3) is 0 Å². The summed E-state index contributed by atoms with van der Waals surface area (Å²) in [6.07, 6.45) is 7.54. The number of thiophene rings is 1. The Morgan fingerprint density at radius 3 is 2.69 bits per heavy atom. The van der Waals surface area contributed by atoms with Crippen molar-refractivity contribution < 1.29 is 0 Å². The largest absolute Gasteiger partial charge is 0.382 e. The molecule has 5 heterocycles. The van der Waals surface area contributed by atoms with Crippen molar-refractivity contribution in [1.29, 1.82) is 0 Å². The summed E-state index contributed by atoms with van der Waals surface area (Å²) in [6, 6.07) is 10.7. The Hall–Kier alpha value is -3.97. The summed E-state index contributed by atoms with van der Waals surface area (Å²) >= 11 is 1.68. The molecule has 7 heteroatoms. The van der Waals surface area contributed by atoms with Crippen LogP contribution in [0, 0.1) is 6.92 Å². The zero-order valence-corrected chi connectivity index (χ0v) is 22.2. The van der Waals surface area contributed by atoms with Crippen molar-refractivity contribution in [2.75, 3.05) is 5.32 Å². The van der Waals surface area contributed by atoms with Gasteiger partial charge in [-0.25, -0.2) is 4.98 Å². The lowest BCUT2D eigenvalue weighted by Gasteiger charge is -2.10. The molecule has 0 atom stereocenters. The number of aromatic nitrogens is 5. The number of nitrogens with one attached hydrogen (secondary N) is 3. The predicted molar refractivity (Wildman–Crippen MR) is 153 cm³/mol. The number of pyridine rings is 2. The van der Waals surface area contributed by atoms with Crippen LogP contribution in [0.25, 0.3) is 39.3 Å². The van der Waals surface area contributed by atoms with Crippen molar-refractivity contribution >= 4 is 33.6 Å². The van der Waals surface area contributed by atoms with Crippen LogP contribution in [-0.2, 0) is 0 Å². The maximum Gasteiger partial charge on any atom is 0.135 e. The zero-order chi connectivity index (χ0) is 25.7. The first-order valence-corrected chi connectivity index (χ1v) is 13.1. The van der Waals surface area contributed by atoms with Gasteiger partial charge in [-0.3, -0.25) is 10.1 Å². The molecule has 0 aliphatic heterocycles. The smallest absolute Gasteiger partial charge is 0.135 e. The van der Waals surface area contributed by atoms with Crippen LogP contribution in [0.3, 0.4) is 0 Å². The zero-order valence-electron chi connectivity index (χ0n) is 21.4. The number of aromatic amines is 2. The van der Waals surface area contributed by atoms with Gasteiger partial charge in [0.1, 0.15) is 11.2 Å². The van der Waals surface area contributed by atoms with Crippen LogP contribution in [0.2, 0.25) is 0 Å². The van der Waals surface area contributed by atoms with Gasteiger partial charge in [0, 0.05) is 35.3 Å². The number of aryl methyl sites for hydroxylation is 1. The van der Waals surface area contributed by atoms with Gasteiger partial charge in [-0.15, -0.1) is 0 Å².